The molecule has 0 atom stereocenters. The molecule has 0 spiro atoms. The molecule has 0 radical (unpaired) electrons. The molecule has 0 aliphatic carbocycles. The Kier molecular flexibility index (Phi) is 3.59. The van der Waals surface area contributed by atoms with E-state index in [-0.39, 0.29) is 0 Å². The Labute approximate surface area is 97.1 Å². The fraction of sp³-hybridized carbons (Fsp3) is 0.667. The van der Waals surface area contributed by atoms with Crippen molar-refractivity contribution in [2.24, 2.45) is 0 Å². The largest absolute Gasteiger partial charge is 0.370 e. The van der Waals surface area contributed by atoms with Crippen LogP contribution in [-0.4, -0.2) is 29.6 Å². The first-order chi connectivity index (χ1) is 7.83. The van der Waals surface area contributed by atoms with Crippen LogP contribution in [0.2, 0.25) is 0 Å². The van der Waals surface area contributed by atoms with E-state index in [1.54, 1.807) is 6.33 Å². The van der Waals surface area contributed by atoms with E-state index in [0.717, 1.165) is 31.3 Å². The molecule has 0 unspecified atom stereocenters. The molecule has 0 amide bonds. The zero-order valence-corrected chi connectivity index (χ0v) is 10.2. The molecule has 1 aromatic heterocycles. The summed E-state index contributed by atoms with van der Waals surface area (Å²) in [6.45, 7) is 7.34. The zero-order valence-electron chi connectivity index (χ0n) is 10.2. The van der Waals surface area contributed by atoms with Crippen molar-refractivity contribution in [3.05, 3.63) is 11.9 Å². The van der Waals surface area contributed by atoms with Gasteiger partial charge < -0.3 is 10.2 Å². The van der Waals surface area contributed by atoms with Gasteiger partial charge in [-0.05, 0) is 33.1 Å². The summed E-state index contributed by atoms with van der Waals surface area (Å²) in [7, 11) is 0. The lowest BCUT2D eigenvalue weighted by Gasteiger charge is -2.29. The predicted octanol–water partition coefficient (Wildman–Crippen LogP) is 2.21. The molecule has 4 heteroatoms. The first kappa shape index (κ1) is 11.2. The van der Waals surface area contributed by atoms with Crippen molar-refractivity contribution < 1.29 is 0 Å². The number of piperidine rings is 1. The van der Waals surface area contributed by atoms with Gasteiger partial charge in [-0.2, -0.15) is 0 Å². The van der Waals surface area contributed by atoms with Crippen LogP contribution >= 0.6 is 0 Å². The van der Waals surface area contributed by atoms with Crippen LogP contribution in [-0.2, 0) is 0 Å². The molecule has 2 heterocycles. The van der Waals surface area contributed by atoms with E-state index in [4.69, 9.17) is 0 Å². The SMILES string of the molecule is CCNc1ncnc(N2CCCCC2)c1C. The molecule has 0 bridgehead atoms. The summed E-state index contributed by atoms with van der Waals surface area (Å²) in [5.41, 5.74) is 1.17. The van der Waals surface area contributed by atoms with Crippen LogP contribution in [0.3, 0.4) is 0 Å². The second-order valence-electron chi connectivity index (χ2n) is 4.25. The topological polar surface area (TPSA) is 41.1 Å². The fourth-order valence-corrected chi connectivity index (χ4v) is 2.21. The fourth-order valence-electron chi connectivity index (χ4n) is 2.21. The summed E-state index contributed by atoms with van der Waals surface area (Å²) in [5.74, 6) is 2.07. The summed E-state index contributed by atoms with van der Waals surface area (Å²) in [6, 6.07) is 0. The average Bonchev–Trinajstić information content (AvgIpc) is 2.33. The van der Waals surface area contributed by atoms with Gasteiger partial charge in [0, 0.05) is 25.2 Å². The van der Waals surface area contributed by atoms with Gasteiger partial charge in [0.1, 0.15) is 18.0 Å². The number of nitrogens with one attached hydrogen (secondary N) is 1. The van der Waals surface area contributed by atoms with Gasteiger partial charge in [-0.25, -0.2) is 9.97 Å². The lowest BCUT2D eigenvalue weighted by Crippen LogP contribution is -2.31. The monoisotopic (exact) mass is 220 g/mol. The third-order valence-electron chi connectivity index (χ3n) is 3.06. The summed E-state index contributed by atoms with van der Waals surface area (Å²) in [5, 5.41) is 3.28. The van der Waals surface area contributed by atoms with E-state index >= 15 is 0 Å². The molecule has 1 saturated heterocycles. The van der Waals surface area contributed by atoms with Gasteiger partial charge in [-0.1, -0.05) is 0 Å². The van der Waals surface area contributed by atoms with Crippen LogP contribution in [0.25, 0.3) is 0 Å². The molecule has 88 valence electrons. The van der Waals surface area contributed by atoms with Crippen LogP contribution in [0.5, 0.6) is 0 Å². The average molecular weight is 220 g/mol. The zero-order chi connectivity index (χ0) is 11.4. The highest BCUT2D eigenvalue weighted by Gasteiger charge is 2.16. The van der Waals surface area contributed by atoms with Crippen molar-refractivity contribution in [3.63, 3.8) is 0 Å². The van der Waals surface area contributed by atoms with Gasteiger partial charge in [-0.15, -0.1) is 0 Å². The van der Waals surface area contributed by atoms with E-state index < -0.39 is 0 Å². The highest BCUT2D eigenvalue weighted by atomic mass is 15.2. The molecule has 0 saturated carbocycles. The van der Waals surface area contributed by atoms with Crippen molar-refractivity contribution in [1.29, 1.82) is 0 Å². The highest BCUT2D eigenvalue weighted by Crippen LogP contribution is 2.24. The Morgan fingerprint density at radius 2 is 2.00 bits per heavy atom. The molecule has 1 aliphatic rings. The van der Waals surface area contributed by atoms with Crippen LogP contribution in [0.4, 0.5) is 11.6 Å². The second-order valence-corrected chi connectivity index (χ2v) is 4.25. The smallest absolute Gasteiger partial charge is 0.137 e. The Hall–Kier alpha value is -1.32. The van der Waals surface area contributed by atoms with Crippen molar-refractivity contribution in [1.82, 2.24) is 9.97 Å². The van der Waals surface area contributed by atoms with Crippen LogP contribution in [0.15, 0.2) is 6.33 Å². The maximum absolute atomic E-state index is 4.42. The van der Waals surface area contributed by atoms with E-state index in [9.17, 15) is 0 Å². The lowest BCUT2D eigenvalue weighted by molar-refractivity contribution is 0.572. The number of rotatable bonds is 3. The quantitative estimate of drug-likeness (QED) is 0.848. The van der Waals surface area contributed by atoms with E-state index in [1.807, 2.05) is 0 Å². The van der Waals surface area contributed by atoms with Crippen LogP contribution in [0, 0.1) is 6.92 Å². The van der Waals surface area contributed by atoms with Gasteiger partial charge in [0.05, 0.1) is 0 Å². The summed E-state index contributed by atoms with van der Waals surface area (Å²) >= 11 is 0. The third-order valence-corrected chi connectivity index (χ3v) is 3.06. The van der Waals surface area contributed by atoms with Gasteiger partial charge in [0.2, 0.25) is 0 Å². The Morgan fingerprint density at radius 3 is 2.69 bits per heavy atom. The number of hydrogen-bond acceptors (Lipinski definition) is 4. The maximum atomic E-state index is 4.42. The van der Waals surface area contributed by atoms with Gasteiger partial charge in [-0.3, -0.25) is 0 Å². The number of aromatic nitrogens is 2. The van der Waals surface area contributed by atoms with Crippen molar-refractivity contribution in [3.8, 4) is 0 Å². The van der Waals surface area contributed by atoms with E-state index in [2.05, 4.69) is 34.0 Å². The minimum Gasteiger partial charge on any atom is -0.370 e. The minimum absolute atomic E-state index is 0.900. The number of anilines is 2. The first-order valence-electron chi connectivity index (χ1n) is 6.13. The molecule has 1 aromatic rings. The highest BCUT2D eigenvalue weighted by molar-refractivity contribution is 5.57. The van der Waals surface area contributed by atoms with Crippen LogP contribution in [0.1, 0.15) is 31.7 Å². The molecule has 1 aliphatic heterocycles. The summed E-state index contributed by atoms with van der Waals surface area (Å²) in [4.78, 5) is 11.1. The van der Waals surface area contributed by atoms with Gasteiger partial charge >= 0.3 is 0 Å². The van der Waals surface area contributed by atoms with Crippen molar-refractivity contribution >= 4 is 11.6 Å². The summed E-state index contributed by atoms with van der Waals surface area (Å²) < 4.78 is 0. The Morgan fingerprint density at radius 1 is 1.25 bits per heavy atom. The minimum atomic E-state index is 0.900. The van der Waals surface area contributed by atoms with Gasteiger partial charge in [0.25, 0.3) is 0 Å². The maximum Gasteiger partial charge on any atom is 0.137 e. The van der Waals surface area contributed by atoms with Crippen molar-refractivity contribution in [2.75, 3.05) is 29.9 Å². The molecule has 16 heavy (non-hydrogen) atoms. The lowest BCUT2D eigenvalue weighted by atomic mass is 10.1. The van der Waals surface area contributed by atoms with Gasteiger partial charge in [0.15, 0.2) is 0 Å². The normalized spacial score (nSPS) is 16.2. The number of hydrogen-bond donors (Lipinski definition) is 1. The van der Waals surface area contributed by atoms with E-state index in [0.29, 0.717) is 0 Å². The molecular weight excluding hydrogens is 200 g/mol. The molecular formula is C12H20N4. The molecule has 2 rings (SSSR count). The second kappa shape index (κ2) is 5.14. The molecule has 0 aromatic carbocycles. The number of nitrogens with zero attached hydrogens (tertiary/aromatic N) is 3. The van der Waals surface area contributed by atoms with Crippen molar-refractivity contribution in [2.45, 2.75) is 33.1 Å². The Balaban J connectivity index is 2.22. The molecule has 4 nitrogen and oxygen atoms in total. The standard InChI is InChI=1S/C12H20N4/c1-3-13-11-10(2)12(15-9-14-11)16-7-5-4-6-8-16/h9H,3-8H2,1-2H3,(H,13,14,15). The third kappa shape index (κ3) is 2.26. The predicted molar refractivity (Wildman–Crippen MR) is 67.0 cm³/mol. The molecule has 1 fully saturated rings. The van der Waals surface area contributed by atoms with Crippen LogP contribution < -0.4 is 10.2 Å². The molecule has 1 N–H and O–H groups in total. The first-order valence-corrected chi connectivity index (χ1v) is 6.13. The Bertz CT molecular complexity index is 345. The van der Waals surface area contributed by atoms with E-state index in [1.165, 1.54) is 24.8 Å². The summed E-state index contributed by atoms with van der Waals surface area (Å²) in [6.07, 6.45) is 5.57.